The highest BCUT2D eigenvalue weighted by atomic mass is 32.1. The number of hydrogen-bond acceptors (Lipinski definition) is 6. The van der Waals surface area contributed by atoms with Gasteiger partial charge in [0.15, 0.2) is 5.01 Å². The zero-order chi connectivity index (χ0) is 23.2. The molecule has 0 atom stereocenters. The smallest absolute Gasteiger partial charge is 0.286 e. The summed E-state index contributed by atoms with van der Waals surface area (Å²) in [4.78, 5) is 25.2. The van der Waals surface area contributed by atoms with E-state index in [1.807, 2.05) is 62.4 Å². The molecule has 4 rings (SSSR count). The molecule has 7 nitrogen and oxygen atoms in total. The van der Waals surface area contributed by atoms with Crippen molar-refractivity contribution in [3.63, 3.8) is 0 Å². The van der Waals surface area contributed by atoms with Crippen LogP contribution in [-0.4, -0.2) is 22.0 Å². The fraction of sp³-hybridized carbons (Fsp3) is 0.120. The normalized spacial score (nSPS) is 10.5. The molecule has 33 heavy (non-hydrogen) atoms. The van der Waals surface area contributed by atoms with Crippen LogP contribution < -0.4 is 15.4 Å². The Morgan fingerprint density at radius 2 is 1.52 bits per heavy atom. The average Bonchev–Trinajstić information content (AvgIpc) is 3.28. The van der Waals surface area contributed by atoms with Crippen LogP contribution in [0.1, 0.15) is 36.3 Å². The molecule has 0 saturated carbocycles. The van der Waals surface area contributed by atoms with Crippen molar-refractivity contribution in [3.05, 3.63) is 99.5 Å². The number of benzene rings is 3. The first-order valence-electron chi connectivity index (χ1n) is 10.3. The SMILES string of the molecule is Cc1ccc(OCc2nnc(C(=O)Nc3cccc(C(=O)Nc4cccc(C)c4)c3)s2)cc1. The highest BCUT2D eigenvalue weighted by molar-refractivity contribution is 7.13. The van der Waals surface area contributed by atoms with E-state index in [1.165, 1.54) is 0 Å². The van der Waals surface area contributed by atoms with E-state index in [0.717, 1.165) is 28.2 Å². The van der Waals surface area contributed by atoms with Crippen LogP contribution in [0.2, 0.25) is 0 Å². The van der Waals surface area contributed by atoms with E-state index in [-0.39, 0.29) is 17.5 Å². The lowest BCUT2D eigenvalue weighted by molar-refractivity contribution is 0.101. The minimum atomic E-state index is -0.398. The Balaban J connectivity index is 1.36. The molecule has 166 valence electrons. The van der Waals surface area contributed by atoms with Crippen molar-refractivity contribution < 1.29 is 14.3 Å². The number of nitrogens with zero attached hydrogens (tertiary/aromatic N) is 2. The first kappa shape index (κ1) is 22.2. The highest BCUT2D eigenvalue weighted by Gasteiger charge is 2.15. The monoisotopic (exact) mass is 458 g/mol. The standard InChI is InChI=1S/C25H22N4O3S/c1-16-9-11-21(12-10-16)32-15-22-28-29-25(33-22)24(31)27-20-8-4-6-18(14-20)23(30)26-19-7-3-5-17(2)13-19/h3-14H,15H2,1-2H3,(H,26,30)(H,27,31). The van der Waals surface area contributed by atoms with Crippen molar-refractivity contribution in [1.82, 2.24) is 10.2 Å². The zero-order valence-electron chi connectivity index (χ0n) is 18.2. The number of amides is 2. The van der Waals surface area contributed by atoms with Crippen molar-refractivity contribution in [3.8, 4) is 5.75 Å². The van der Waals surface area contributed by atoms with Gasteiger partial charge in [-0.05, 0) is 61.9 Å². The zero-order valence-corrected chi connectivity index (χ0v) is 19.0. The van der Waals surface area contributed by atoms with Crippen LogP contribution in [0.3, 0.4) is 0 Å². The third-order valence-corrected chi connectivity index (χ3v) is 5.60. The van der Waals surface area contributed by atoms with Crippen LogP contribution >= 0.6 is 11.3 Å². The Morgan fingerprint density at radius 3 is 2.27 bits per heavy atom. The van der Waals surface area contributed by atoms with Gasteiger partial charge in [0, 0.05) is 16.9 Å². The van der Waals surface area contributed by atoms with E-state index < -0.39 is 5.91 Å². The number of carbonyl (C=O) groups excluding carboxylic acids is 2. The number of carbonyl (C=O) groups is 2. The summed E-state index contributed by atoms with van der Waals surface area (Å²) >= 11 is 1.16. The number of hydrogen-bond donors (Lipinski definition) is 2. The van der Waals surface area contributed by atoms with Gasteiger partial charge in [-0.3, -0.25) is 9.59 Å². The molecule has 0 unspecified atom stereocenters. The van der Waals surface area contributed by atoms with Crippen molar-refractivity contribution in [2.45, 2.75) is 20.5 Å². The first-order chi connectivity index (χ1) is 16.0. The van der Waals surface area contributed by atoms with Crippen LogP contribution in [0.15, 0.2) is 72.8 Å². The van der Waals surface area contributed by atoms with Gasteiger partial charge in [-0.2, -0.15) is 0 Å². The van der Waals surface area contributed by atoms with Gasteiger partial charge in [-0.25, -0.2) is 0 Å². The van der Waals surface area contributed by atoms with Crippen LogP contribution in [0.25, 0.3) is 0 Å². The molecule has 2 N–H and O–H groups in total. The van der Waals surface area contributed by atoms with Gasteiger partial charge < -0.3 is 15.4 Å². The fourth-order valence-corrected chi connectivity index (χ4v) is 3.68. The number of nitrogens with one attached hydrogen (secondary N) is 2. The molecule has 0 fully saturated rings. The van der Waals surface area contributed by atoms with E-state index in [2.05, 4.69) is 20.8 Å². The summed E-state index contributed by atoms with van der Waals surface area (Å²) in [7, 11) is 0. The predicted octanol–water partition coefficient (Wildman–Crippen LogP) is 5.24. The second-order valence-electron chi connectivity index (χ2n) is 7.46. The molecule has 0 spiro atoms. The molecule has 0 aliphatic carbocycles. The summed E-state index contributed by atoms with van der Waals surface area (Å²) in [5.41, 5.74) is 3.83. The molecule has 3 aromatic carbocycles. The van der Waals surface area contributed by atoms with E-state index in [0.29, 0.717) is 21.9 Å². The summed E-state index contributed by atoms with van der Waals surface area (Å²) in [5.74, 6) is 0.0658. The lowest BCUT2D eigenvalue weighted by Gasteiger charge is -2.08. The maximum Gasteiger partial charge on any atom is 0.286 e. The number of ether oxygens (including phenoxy) is 1. The van der Waals surface area contributed by atoms with Gasteiger partial charge in [0.2, 0.25) is 5.01 Å². The fourth-order valence-electron chi connectivity index (χ4n) is 3.03. The lowest BCUT2D eigenvalue weighted by atomic mass is 10.1. The number of aromatic nitrogens is 2. The van der Waals surface area contributed by atoms with Crippen LogP contribution in [-0.2, 0) is 6.61 Å². The molecule has 1 heterocycles. The summed E-state index contributed by atoms with van der Waals surface area (Å²) in [6, 6.07) is 22.0. The molecule has 0 radical (unpaired) electrons. The van der Waals surface area contributed by atoms with E-state index in [9.17, 15) is 9.59 Å². The molecule has 2 amide bonds. The van der Waals surface area contributed by atoms with Gasteiger partial charge in [0.05, 0.1) is 0 Å². The van der Waals surface area contributed by atoms with Crippen molar-refractivity contribution in [2.24, 2.45) is 0 Å². The maximum atomic E-state index is 12.6. The second kappa shape index (κ2) is 10.1. The van der Waals surface area contributed by atoms with Gasteiger partial charge in [0.25, 0.3) is 11.8 Å². The molecule has 0 bridgehead atoms. The first-order valence-corrected chi connectivity index (χ1v) is 11.1. The number of anilines is 2. The molecule has 0 aliphatic heterocycles. The van der Waals surface area contributed by atoms with Crippen molar-refractivity contribution >= 4 is 34.5 Å². The van der Waals surface area contributed by atoms with Crippen LogP contribution in [0, 0.1) is 13.8 Å². The summed E-state index contributed by atoms with van der Waals surface area (Å²) in [6.07, 6.45) is 0. The van der Waals surface area contributed by atoms with Gasteiger partial charge in [-0.15, -0.1) is 10.2 Å². The van der Waals surface area contributed by atoms with E-state index in [4.69, 9.17) is 4.74 Å². The van der Waals surface area contributed by atoms with Crippen molar-refractivity contribution in [2.75, 3.05) is 10.6 Å². The summed E-state index contributed by atoms with van der Waals surface area (Å²) in [5, 5.41) is 14.4. The molecule has 1 aromatic heterocycles. The largest absolute Gasteiger partial charge is 0.486 e. The Bertz CT molecular complexity index is 1280. The molecule has 8 heteroatoms. The van der Waals surface area contributed by atoms with Crippen LogP contribution in [0.4, 0.5) is 11.4 Å². The van der Waals surface area contributed by atoms with Gasteiger partial charge >= 0.3 is 0 Å². The molecule has 4 aromatic rings. The minimum absolute atomic E-state index is 0.215. The number of rotatable bonds is 7. The van der Waals surface area contributed by atoms with E-state index >= 15 is 0 Å². The maximum absolute atomic E-state index is 12.6. The van der Waals surface area contributed by atoms with Crippen LogP contribution in [0.5, 0.6) is 5.75 Å². The topological polar surface area (TPSA) is 93.2 Å². The predicted molar refractivity (Wildman–Crippen MR) is 129 cm³/mol. The minimum Gasteiger partial charge on any atom is -0.486 e. The third-order valence-electron chi connectivity index (χ3n) is 4.70. The quantitative estimate of drug-likeness (QED) is 0.395. The third kappa shape index (κ3) is 6.02. The Labute approximate surface area is 195 Å². The summed E-state index contributed by atoms with van der Waals surface area (Å²) < 4.78 is 5.69. The second-order valence-corrected chi connectivity index (χ2v) is 8.52. The average molecular weight is 459 g/mol. The molecular formula is C25H22N4O3S. The lowest BCUT2D eigenvalue weighted by Crippen LogP contribution is -2.14. The molecule has 0 saturated heterocycles. The highest BCUT2D eigenvalue weighted by Crippen LogP contribution is 2.19. The molecular weight excluding hydrogens is 436 g/mol. The van der Waals surface area contributed by atoms with Gasteiger partial charge in [0.1, 0.15) is 12.4 Å². The Morgan fingerprint density at radius 1 is 0.818 bits per heavy atom. The Kier molecular flexibility index (Phi) is 6.75. The molecule has 0 aliphatic rings. The Hall–Kier alpha value is -4.04. The van der Waals surface area contributed by atoms with Gasteiger partial charge in [-0.1, -0.05) is 47.2 Å². The van der Waals surface area contributed by atoms with E-state index in [1.54, 1.807) is 24.3 Å². The number of aryl methyl sites for hydroxylation is 2. The summed E-state index contributed by atoms with van der Waals surface area (Å²) in [6.45, 7) is 4.19. The van der Waals surface area contributed by atoms with Crippen molar-refractivity contribution in [1.29, 1.82) is 0 Å².